The Morgan fingerprint density at radius 3 is 2.67 bits per heavy atom. The van der Waals surface area contributed by atoms with Crippen molar-refractivity contribution in [3.05, 3.63) is 51.5 Å². The Morgan fingerprint density at radius 1 is 1.03 bits per heavy atom. The minimum atomic E-state index is 0.127. The SMILES string of the molecule is CCN1CCc2sc3ncn(CCN4CCN(c5ccccn5)CC4)c(=O)c3c2C1. The van der Waals surface area contributed by atoms with Crippen molar-refractivity contribution >= 4 is 27.4 Å². The van der Waals surface area contributed by atoms with E-state index in [1.807, 2.05) is 22.9 Å². The molecule has 2 aliphatic rings. The van der Waals surface area contributed by atoms with E-state index in [2.05, 4.69) is 37.7 Å². The second-order valence-electron chi connectivity index (χ2n) is 8.06. The molecule has 2 aliphatic heterocycles. The van der Waals surface area contributed by atoms with Crippen LogP contribution in [0.25, 0.3) is 10.2 Å². The molecule has 0 radical (unpaired) electrons. The highest BCUT2D eigenvalue weighted by atomic mass is 32.1. The Morgan fingerprint density at radius 2 is 1.90 bits per heavy atom. The lowest BCUT2D eigenvalue weighted by molar-refractivity contribution is 0.246. The average molecular weight is 425 g/mol. The van der Waals surface area contributed by atoms with Gasteiger partial charge in [-0.25, -0.2) is 9.97 Å². The van der Waals surface area contributed by atoms with E-state index in [1.165, 1.54) is 10.4 Å². The molecule has 0 amide bonds. The summed E-state index contributed by atoms with van der Waals surface area (Å²) in [5.74, 6) is 1.05. The second kappa shape index (κ2) is 8.45. The molecule has 1 saturated heterocycles. The predicted molar refractivity (Wildman–Crippen MR) is 121 cm³/mol. The number of aromatic nitrogens is 3. The molecular weight excluding hydrogens is 396 g/mol. The molecule has 30 heavy (non-hydrogen) atoms. The molecular formula is C22H28N6OS. The minimum Gasteiger partial charge on any atom is -0.354 e. The van der Waals surface area contributed by atoms with Gasteiger partial charge in [-0.15, -0.1) is 11.3 Å². The number of piperazine rings is 1. The van der Waals surface area contributed by atoms with Crippen LogP contribution in [0.5, 0.6) is 0 Å². The van der Waals surface area contributed by atoms with Gasteiger partial charge < -0.3 is 4.90 Å². The summed E-state index contributed by atoms with van der Waals surface area (Å²) in [6, 6.07) is 6.05. The number of anilines is 1. The Bertz CT molecular complexity index is 1070. The first-order valence-corrected chi connectivity index (χ1v) is 11.6. The van der Waals surface area contributed by atoms with Crippen molar-refractivity contribution in [3.63, 3.8) is 0 Å². The number of hydrogen-bond acceptors (Lipinski definition) is 7. The maximum atomic E-state index is 13.2. The van der Waals surface area contributed by atoms with E-state index in [4.69, 9.17) is 0 Å². The van der Waals surface area contributed by atoms with Crippen LogP contribution in [0.15, 0.2) is 35.5 Å². The lowest BCUT2D eigenvalue weighted by Gasteiger charge is -2.35. The Hall–Kier alpha value is -2.29. The first-order chi connectivity index (χ1) is 14.7. The molecule has 3 aromatic heterocycles. The standard InChI is InChI=1S/C22H28N6OS/c1-2-25-8-6-18-17(15-25)20-21(30-18)24-16-28(22(20)29)14-11-26-9-12-27(13-10-26)19-5-3-4-7-23-19/h3-5,7,16H,2,6,8-15H2,1H3. The smallest absolute Gasteiger partial charge is 0.262 e. The van der Waals surface area contributed by atoms with E-state index in [-0.39, 0.29) is 5.56 Å². The summed E-state index contributed by atoms with van der Waals surface area (Å²) in [6.45, 7) is 10.6. The molecule has 0 saturated carbocycles. The molecule has 158 valence electrons. The van der Waals surface area contributed by atoms with E-state index in [0.717, 1.165) is 74.8 Å². The number of hydrogen-bond donors (Lipinski definition) is 0. The third kappa shape index (κ3) is 3.75. The maximum absolute atomic E-state index is 13.2. The summed E-state index contributed by atoms with van der Waals surface area (Å²) in [6.07, 6.45) is 4.62. The van der Waals surface area contributed by atoms with Crippen LogP contribution in [0.3, 0.4) is 0 Å². The van der Waals surface area contributed by atoms with E-state index < -0.39 is 0 Å². The molecule has 0 atom stereocenters. The van der Waals surface area contributed by atoms with Crippen LogP contribution in [-0.2, 0) is 19.5 Å². The fourth-order valence-electron chi connectivity index (χ4n) is 4.48. The highest BCUT2D eigenvalue weighted by Crippen LogP contribution is 2.32. The molecule has 7 nitrogen and oxygen atoms in total. The first kappa shape index (κ1) is 19.7. The van der Waals surface area contributed by atoms with Crippen molar-refractivity contribution in [1.29, 1.82) is 0 Å². The molecule has 8 heteroatoms. The van der Waals surface area contributed by atoms with Crippen molar-refractivity contribution in [2.75, 3.05) is 50.7 Å². The van der Waals surface area contributed by atoms with Crippen LogP contribution in [0.1, 0.15) is 17.4 Å². The predicted octanol–water partition coefficient (Wildman–Crippen LogP) is 2.05. The molecule has 3 aromatic rings. The summed E-state index contributed by atoms with van der Waals surface area (Å²) < 4.78 is 1.81. The van der Waals surface area contributed by atoms with Crippen molar-refractivity contribution in [2.45, 2.75) is 26.4 Å². The fraction of sp³-hybridized carbons (Fsp3) is 0.500. The summed E-state index contributed by atoms with van der Waals surface area (Å²) in [5, 5.41) is 0.857. The van der Waals surface area contributed by atoms with Gasteiger partial charge in [0.1, 0.15) is 10.6 Å². The third-order valence-corrected chi connectivity index (χ3v) is 7.55. The van der Waals surface area contributed by atoms with Gasteiger partial charge in [0.2, 0.25) is 0 Å². The molecule has 5 heterocycles. The first-order valence-electron chi connectivity index (χ1n) is 10.8. The number of thiophene rings is 1. The number of fused-ring (bicyclic) bond motifs is 3. The van der Waals surface area contributed by atoms with Gasteiger partial charge >= 0.3 is 0 Å². The van der Waals surface area contributed by atoms with Crippen LogP contribution in [0.4, 0.5) is 5.82 Å². The number of nitrogens with zero attached hydrogens (tertiary/aromatic N) is 6. The third-order valence-electron chi connectivity index (χ3n) is 6.35. The zero-order chi connectivity index (χ0) is 20.5. The van der Waals surface area contributed by atoms with Crippen molar-refractivity contribution in [2.24, 2.45) is 0 Å². The van der Waals surface area contributed by atoms with Gasteiger partial charge in [0.25, 0.3) is 5.56 Å². The summed E-state index contributed by atoms with van der Waals surface area (Å²) in [4.78, 5) is 31.8. The molecule has 0 aromatic carbocycles. The number of pyridine rings is 1. The Labute approximate surface area is 180 Å². The topological polar surface area (TPSA) is 57.5 Å². The second-order valence-corrected chi connectivity index (χ2v) is 9.15. The van der Waals surface area contributed by atoms with Gasteiger partial charge in [-0.3, -0.25) is 19.2 Å². The van der Waals surface area contributed by atoms with E-state index in [0.29, 0.717) is 6.54 Å². The van der Waals surface area contributed by atoms with Gasteiger partial charge in [0.05, 0.1) is 11.7 Å². The molecule has 1 fully saturated rings. The van der Waals surface area contributed by atoms with E-state index in [9.17, 15) is 4.79 Å². The van der Waals surface area contributed by atoms with Gasteiger partial charge in [-0.05, 0) is 30.7 Å². The molecule has 0 aliphatic carbocycles. The minimum absolute atomic E-state index is 0.127. The normalized spacial score (nSPS) is 18.1. The van der Waals surface area contributed by atoms with Crippen LogP contribution < -0.4 is 10.5 Å². The summed E-state index contributed by atoms with van der Waals surface area (Å²) >= 11 is 1.71. The molecule has 0 bridgehead atoms. The van der Waals surface area contributed by atoms with Crippen molar-refractivity contribution in [3.8, 4) is 0 Å². The monoisotopic (exact) mass is 424 g/mol. The van der Waals surface area contributed by atoms with Crippen LogP contribution in [0, 0.1) is 0 Å². The zero-order valence-electron chi connectivity index (χ0n) is 17.5. The fourth-order valence-corrected chi connectivity index (χ4v) is 5.61. The van der Waals surface area contributed by atoms with Crippen LogP contribution in [-0.4, -0.2) is 70.1 Å². The lowest BCUT2D eigenvalue weighted by atomic mass is 10.1. The molecule has 0 unspecified atom stereocenters. The maximum Gasteiger partial charge on any atom is 0.262 e. The lowest BCUT2D eigenvalue weighted by Crippen LogP contribution is -2.47. The van der Waals surface area contributed by atoms with Crippen molar-refractivity contribution < 1.29 is 0 Å². The summed E-state index contributed by atoms with van der Waals surface area (Å²) in [5.41, 5.74) is 1.35. The summed E-state index contributed by atoms with van der Waals surface area (Å²) in [7, 11) is 0. The largest absolute Gasteiger partial charge is 0.354 e. The quantitative estimate of drug-likeness (QED) is 0.625. The Balaban J connectivity index is 1.26. The van der Waals surface area contributed by atoms with Crippen LogP contribution in [0.2, 0.25) is 0 Å². The van der Waals surface area contributed by atoms with Gasteiger partial charge in [-0.2, -0.15) is 0 Å². The van der Waals surface area contributed by atoms with E-state index in [1.54, 1.807) is 17.7 Å². The highest BCUT2D eigenvalue weighted by molar-refractivity contribution is 7.18. The zero-order valence-corrected chi connectivity index (χ0v) is 18.3. The van der Waals surface area contributed by atoms with Crippen LogP contribution >= 0.6 is 11.3 Å². The van der Waals surface area contributed by atoms with Gasteiger partial charge in [0, 0.05) is 63.4 Å². The van der Waals surface area contributed by atoms with Gasteiger partial charge in [0.15, 0.2) is 0 Å². The average Bonchev–Trinajstić information content (AvgIpc) is 3.18. The molecule has 5 rings (SSSR count). The highest BCUT2D eigenvalue weighted by Gasteiger charge is 2.23. The van der Waals surface area contributed by atoms with Crippen molar-refractivity contribution in [1.82, 2.24) is 24.3 Å². The van der Waals surface area contributed by atoms with Gasteiger partial charge in [-0.1, -0.05) is 13.0 Å². The molecule has 0 N–H and O–H groups in total. The molecule has 0 spiro atoms. The number of rotatable bonds is 5. The Kier molecular flexibility index (Phi) is 5.54. The number of likely N-dealkylation sites (N-methyl/N-ethyl adjacent to an activating group) is 1. The van der Waals surface area contributed by atoms with E-state index >= 15 is 0 Å².